The van der Waals surface area contributed by atoms with E-state index in [2.05, 4.69) is 5.32 Å². The largest absolute Gasteiger partial charge is 0.497 e. The van der Waals surface area contributed by atoms with Crippen LogP contribution in [-0.2, 0) is 14.6 Å². The van der Waals surface area contributed by atoms with Crippen LogP contribution >= 0.6 is 0 Å². The summed E-state index contributed by atoms with van der Waals surface area (Å²) in [6.07, 6.45) is 0. The van der Waals surface area contributed by atoms with Crippen LogP contribution in [0.3, 0.4) is 0 Å². The average Bonchev–Trinajstić information content (AvgIpc) is 2.50. The van der Waals surface area contributed by atoms with E-state index in [9.17, 15) is 8.42 Å². The normalized spacial score (nSPS) is 13.0. The van der Waals surface area contributed by atoms with Crippen LogP contribution in [0.1, 0.15) is 11.6 Å². The number of benzene rings is 1. The molecule has 0 saturated heterocycles. The number of sulfone groups is 1. The Bertz CT molecular complexity index is 544. The van der Waals surface area contributed by atoms with Crippen LogP contribution in [0.5, 0.6) is 11.5 Å². The van der Waals surface area contributed by atoms with E-state index in [1.807, 2.05) is 0 Å². The molecule has 0 aliphatic heterocycles. The summed E-state index contributed by atoms with van der Waals surface area (Å²) >= 11 is 0. The van der Waals surface area contributed by atoms with Crippen molar-refractivity contribution < 1.29 is 22.6 Å². The van der Waals surface area contributed by atoms with Gasteiger partial charge in [-0.25, -0.2) is 8.42 Å². The Labute approximate surface area is 126 Å². The molecule has 0 aliphatic rings. The molecule has 21 heavy (non-hydrogen) atoms. The van der Waals surface area contributed by atoms with Crippen LogP contribution in [0.15, 0.2) is 18.2 Å². The minimum absolute atomic E-state index is 0.00599. The first-order valence-corrected chi connectivity index (χ1v) is 8.38. The lowest BCUT2D eigenvalue weighted by Crippen LogP contribution is -2.28. The number of hydrogen-bond donors (Lipinski definition) is 1. The third-order valence-electron chi connectivity index (χ3n) is 3.18. The van der Waals surface area contributed by atoms with Gasteiger partial charge in [0.1, 0.15) is 11.5 Å². The van der Waals surface area contributed by atoms with Gasteiger partial charge in [0.25, 0.3) is 0 Å². The molecule has 0 saturated carbocycles. The van der Waals surface area contributed by atoms with Crippen LogP contribution < -0.4 is 14.8 Å². The minimum Gasteiger partial charge on any atom is -0.497 e. The third-order valence-corrected chi connectivity index (χ3v) is 4.81. The van der Waals surface area contributed by atoms with Crippen molar-refractivity contribution in [3.05, 3.63) is 23.8 Å². The van der Waals surface area contributed by atoms with E-state index in [1.165, 1.54) is 7.11 Å². The van der Waals surface area contributed by atoms with Gasteiger partial charge < -0.3 is 19.5 Å². The summed E-state index contributed by atoms with van der Waals surface area (Å²) in [6, 6.07) is 4.94. The fourth-order valence-corrected chi connectivity index (χ4v) is 3.43. The molecule has 6 nitrogen and oxygen atoms in total. The number of hydrogen-bond acceptors (Lipinski definition) is 6. The first-order chi connectivity index (χ1) is 9.97. The molecule has 0 amide bonds. The highest BCUT2D eigenvalue weighted by atomic mass is 32.2. The van der Waals surface area contributed by atoms with E-state index < -0.39 is 9.84 Å². The highest BCUT2D eigenvalue weighted by Crippen LogP contribution is 2.30. The molecule has 0 aromatic heterocycles. The second kappa shape index (κ2) is 8.21. The van der Waals surface area contributed by atoms with Crippen molar-refractivity contribution in [1.82, 2.24) is 5.32 Å². The zero-order valence-corrected chi connectivity index (χ0v) is 13.7. The van der Waals surface area contributed by atoms with Crippen molar-refractivity contribution >= 4 is 9.84 Å². The smallest absolute Gasteiger partial charge is 0.154 e. The molecule has 0 fully saturated rings. The van der Waals surface area contributed by atoms with Crippen molar-refractivity contribution in [2.75, 3.05) is 46.5 Å². The molecule has 1 atom stereocenters. The Morgan fingerprint density at radius 2 is 1.90 bits per heavy atom. The Morgan fingerprint density at radius 1 is 1.19 bits per heavy atom. The van der Waals surface area contributed by atoms with Crippen molar-refractivity contribution in [2.45, 2.75) is 6.04 Å². The zero-order valence-electron chi connectivity index (χ0n) is 12.9. The molecule has 0 bridgehead atoms. The predicted molar refractivity (Wildman–Crippen MR) is 81.9 cm³/mol. The molecular weight excluding hydrogens is 294 g/mol. The summed E-state index contributed by atoms with van der Waals surface area (Å²) in [5.41, 5.74) is 0.750. The molecule has 0 radical (unpaired) electrons. The summed E-state index contributed by atoms with van der Waals surface area (Å²) in [5, 5.41) is 3.02. The van der Waals surface area contributed by atoms with E-state index in [1.54, 1.807) is 39.5 Å². The molecule has 1 aromatic carbocycles. The molecular formula is C14H23NO5S. The maximum Gasteiger partial charge on any atom is 0.154 e. The molecule has 1 N–H and O–H groups in total. The lowest BCUT2D eigenvalue weighted by Gasteiger charge is -2.20. The fraction of sp³-hybridized carbons (Fsp3) is 0.571. The maximum absolute atomic E-state index is 12.1. The molecule has 1 unspecified atom stereocenters. The zero-order chi connectivity index (χ0) is 15.9. The number of methoxy groups -OCH3 is 3. The fourth-order valence-electron chi connectivity index (χ4n) is 1.99. The van der Waals surface area contributed by atoms with Gasteiger partial charge in [0.2, 0.25) is 0 Å². The van der Waals surface area contributed by atoms with Crippen LogP contribution in [0.2, 0.25) is 0 Å². The van der Waals surface area contributed by atoms with Gasteiger partial charge in [-0.2, -0.15) is 0 Å². The number of ether oxygens (including phenoxy) is 3. The van der Waals surface area contributed by atoms with Gasteiger partial charge >= 0.3 is 0 Å². The average molecular weight is 317 g/mol. The number of nitrogens with one attached hydrogen (secondary N) is 1. The van der Waals surface area contributed by atoms with Gasteiger partial charge in [-0.05, 0) is 25.2 Å². The van der Waals surface area contributed by atoms with Crippen molar-refractivity contribution in [3.63, 3.8) is 0 Å². The Kier molecular flexibility index (Phi) is 6.94. The monoisotopic (exact) mass is 317 g/mol. The Balaban J connectivity index is 3.04. The quantitative estimate of drug-likeness (QED) is 0.733. The first-order valence-electron chi connectivity index (χ1n) is 6.56. The van der Waals surface area contributed by atoms with Gasteiger partial charge in [0.05, 0.1) is 32.3 Å². The van der Waals surface area contributed by atoms with Gasteiger partial charge in [-0.15, -0.1) is 0 Å². The summed E-state index contributed by atoms with van der Waals surface area (Å²) in [4.78, 5) is 0. The molecule has 1 rings (SSSR count). The standard InChI is InChI=1S/C14H23NO5S/c1-15-13(10-21(16,17)8-7-18-2)12-9-11(19-3)5-6-14(12)20-4/h5-6,9,13,15H,7-8,10H2,1-4H3. The summed E-state index contributed by atoms with van der Waals surface area (Å²) < 4.78 is 39.5. The van der Waals surface area contributed by atoms with Crippen LogP contribution in [-0.4, -0.2) is 54.9 Å². The minimum atomic E-state index is -3.23. The third kappa shape index (κ3) is 5.18. The van der Waals surface area contributed by atoms with Crippen molar-refractivity contribution in [1.29, 1.82) is 0 Å². The lowest BCUT2D eigenvalue weighted by molar-refractivity contribution is 0.217. The molecule has 1 aromatic rings. The van der Waals surface area contributed by atoms with E-state index in [-0.39, 0.29) is 24.2 Å². The van der Waals surface area contributed by atoms with E-state index in [4.69, 9.17) is 14.2 Å². The molecule has 120 valence electrons. The lowest BCUT2D eigenvalue weighted by atomic mass is 10.1. The van der Waals surface area contributed by atoms with Crippen LogP contribution in [0.25, 0.3) is 0 Å². The predicted octanol–water partition coefficient (Wildman–Crippen LogP) is 1.03. The Morgan fingerprint density at radius 3 is 2.43 bits per heavy atom. The van der Waals surface area contributed by atoms with Crippen LogP contribution in [0, 0.1) is 0 Å². The maximum atomic E-state index is 12.1. The Hall–Kier alpha value is -1.31. The van der Waals surface area contributed by atoms with Crippen molar-refractivity contribution in [3.8, 4) is 11.5 Å². The topological polar surface area (TPSA) is 73.9 Å². The molecule has 0 heterocycles. The van der Waals surface area contributed by atoms with Crippen LogP contribution in [0.4, 0.5) is 0 Å². The second-order valence-electron chi connectivity index (χ2n) is 4.56. The van der Waals surface area contributed by atoms with Gasteiger partial charge in [0, 0.05) is 18.7 Å². The van der Waals surface area contributed by atoms with E-state index in [0.717, 1.165) is 5.56 Å². The van der Waals surface area contributed by atoms with E-state index >= 15 is 0 Å². The summed E-state index contributed by atoms with van der Waals surface area (Å²) in [5.74, 6) is 1.24. The number of rotatable bonds is 9. The van der Waals surface area contributed by atoms with Gasteiger partial charge in [-0.1, -0.05) is 0 Å². The molecule has 0 aliphatic carbocycles. The highest BCUT2D eigenvalue weighted by molar-refractivity contribution is 7.91. The first kappa shape index (κ1) is 17.7. The second-order valence-corrected chi connectivity index (χ2v) is 6.79. The van der Waals surface area contributed by atoms with Crippen molar-refractivity contribution in [2.24, 2.45) is 0 Å². The van der Waals surface area contributed by atoms with E-state index in [0.29, 0.717) is 11.5 Å². The van der Waals surface area contributed by atoms with Gasteiger partial charge in [0.15, 0.2) is 9.84 Å². The summed E-state index contributed by atoms with van der Waals surface area (Å²) in [6.45, 7) is 0.189. The highest BCUT2D eigenvalue weighted by Gasteiger charge is 2.22. The summed E-state index contributed by atoms with van der Waals surface area (Å²) in [7, 11) is 3.09. The molecule has 7 heteroatoms. The SMILES string of the molecule is CNC(CS(=O)(=O)CCOC)c1cc(OC)ccc1OC. The van der Waals surface area contributed by atoms with Gasteiger partial charge in [-0.3, -0.25) is 0 Å². The molecule has 0 spiro atoms.